The molecule has 1 aromatic heterocycles. The van der Waals surface area contributed by atoms with E-state index in [0.29, 0.717) is 5.95 Å². The maximum absolute atomic E-state index is 10.7. The molecule has 72 valence electrons. The summed E-state index contributed by atoms with van der Waals surface area (Å²) < 4.78 is 1.44. The molecule has 13 heavy (non-hydrogen) atoms. The average Bonchev–Trinajstić information content (AvgIpc) is 2.26. The number of carboxylic acid groups (broad SMARTS) is 1. The van der Waals surface area contributed by atoms with Crippen LogP contribution in [0.4, 0.5) is 11.8 Å². The number of imidazole rings is 1. The van der Waals surface area contributed by atoms with E-state index in [1.807, 2.05) is 0 Å². The molecule has 3 N–H and O–H groups in total. The molecule has 0 fully saturated rings. The van der Waals surface area contributed by atoms with Crippen molar-refractivity contribution in [1.82, 2.24) is 9.55 Å². The number of carboxylic acids is 1. The first-order chi connectivity index (χ1) is 5.95. The third-order valence-electron chi connectivity index (χ3n) is 1.70. The van der Waals surface area contributed by atoms with Gasteiger partial charge in [0, 0.05) is 21.1 Å². The van der Waals surface area contributed by atoms with Crippen molar-refractivity contribution in [3.05, 3.63) is 5.69 Å². The van der Waals surface area contributed by atoms with Crippen LogP contribution in [-0.2, 0) is 7.05 Å². The van der Waals surface area contributed by atoms with Crippen molar-refractivity contribution in [3.8, 4) is 0 Å². The Morgan fingerprint density at radius 2 is 2.15 bits per heavy atom. The molecule has 0 unspecified atom stereocenters. The van der Waals surface area contributed by atoms with Gasteiger partial charge in [-0.2, -0.15) is 4.98 Å². The predicted molar refractivity (Wildman–Crippen MR) is 48.9 cm³/mol. The average molecular weight is 184 g/mol. The third-order valence-corrected chi connectivity index (χ3v) is 1.70. The standard InChI is InChI=1S/C7H12N4O2/c1-10(2)7-9-5(8)4(6(12)13)11(7)3/h8H2,1-3H3,(H,12,13). The molecule has 0 spiro atoms. The summed E-state index contributed by atoms with van der Waals surface area (Å²) in [4.78, 5) is 16.3. The predicted octanol–water partition coefficient (Wildman–Crippen LogP) is -0.234. The lowest BCUT2D eigenvalue weighted by Crippen LogP contribution is -2.15. The lowest BCUT2D eigenvalue weighted by atomic mass is 10.4. The van der Waals surface area contributed by atoms with Crippen LogP contribution in [0.5, 0.6) is 0 Å². The van der Waals surface area contributed by atoms with Crippen LogP contribution in [-0.4, -0.2) is 34.7 Å². The van der Waals surface area contributed by atoms with Gasteiger partial charge in [-0.25, -0.2) is 4.79 Å². The number of carbonyl (C=O) groups is 1. The summed E-state index contributed by atoms with van der Waals surface area (Å²) in [6.45, 7) is 0. The summed E-state index contributed by atoms with van der Waals surface area (Å²) in [5.41, 5.74) is 5.46. The highest BCUT2D eigenvalue weighted by Crippen LogP contribution is 2.17. The number of anilines is 2. The Bertz CT molecular complexity index is 343. The summed E-state index contributed by atoms with van der Waals surface area (Å²) in [5.74, 6) is -0.505. The fraction of sp³-hybridized carbons (Fsp3) is 0.429. The van der Waals surface area contributed by atoms with Crippen molar-refractivity contribution in [2.24, 2.45) is 7.05 Å². The Morgan fingerprint density at radius 3 is 2.38 bits per heavy atom. The Balaban J connectivity index is 3.30. The van der Waals surface area contributed by atoms with Crippen LogP contribution in [0.15, 0.2) is 0 Å². The first-order valence-electron chi connectivity index (χ1n) is 3.68. The highest BCUT2D eigenvalue weighted by atomic mass is 16.4. The summed E-state index contributed by atoms with van der Waals surface area (Å²) in [7, 11) is 5.16. The number of aromatic carboxylic acids is 1. The maximum Gasteiger partial charge on any atom is 0.356 e. The van der Waals surface area contributed by atoms with E-state index in [0.717, 1.165) is 0 Å². The Kier molecular flexibility index (Phi) is 2.14. The fourth-order valence-electron chi connectivity index (χ4n) is 1.16. The topological polar surface area (TPSA) is 84.4 Å². The molecule has 1 heterocycles. The zero-order valence-electron chi connectivity index (χ0n) is 7.77. The van der Waals surface area contributed by atoms with Crippen LogP contribution in [0.2, 0.25) is 0 Å². The molecule has 1 rings (SSSR count). The van der Waals surface area contributed by atoms with Crippen molar-refractivity contribution in [2.75, 3.05) is 24.7 Å². The second-order valence-electron chi connectivity index (χ2n) is 2.90. The fourth-order valence-corrected chi connectivity index (χ4v) is 1.16. The molecular weight excluding hydrogens is 172 g/mol. The van der Waals surface area contributed by atoms with Crippen molar-refractivity contribution < 1.29 is 9.90 Å². The largest absolute Gasteiger partial charge is 0.476 e. The minimum absolute atomic E-state index is 0.0173. The summed E-state index contributed by atoms with van der Waals surface area (Å²) in [6, 6.07) is 0. The lowest BCUT2D eigenvalue weighted by Gasteiger charge is -2.10. The van der Waals surface area contributed by atoms with Gasteiger partial charge in [-0.3, -0.25) is 0 Å². The van der Waals surface area contributed by atoms with Gasteiger partial charge in [-0.15, -0.1) is 0 Å². The summed E-state index contributed by atoms with van der Waals surface area (Å²) in [5, 5.41) is 8.78. The molecule has 0 aliphatic heterocycles. The zero-order chi connectivity index (χ0) is 10.2. The Hall–Kier alpha value is -1.72. The van der Waals surface area contributed by atoms with Crippen molar-refractivity contribution in [3.63, 3.8) is 0 Å². The minimum atomic E-state index is -1.07. The number of rotatable bonds is 2. The second-order valence-corrected chi connectivity index (χ2v) is 2.90. The number of hydrogen-bond donors (Lipinski definition) is 2. The molecule has 0 aromatic carbocycles. The lowest BCUT2D eigenvalue weighted by molar-refractivity contribution is 0.0688. The number of nitrogen functional groups attached to an aromatic ring is 1. The van der Waals surface area contributed by atoms with E-state index in [9.17, 15) is 4.79 Å². The van der Waals surface area contributed by atoms with Crippen LogP contribution < -0.4 is 10.6 Å². The van der Waals surface area contributed by atoms with Crippen molar-refractivity contribution >= 4 is 17.7 Å². The van der Waals surface area contributed by atoms with Gasteiger partial charge in [0.25, 0.3) is 0 Å². The number of hydrogen-bond acceptors (Lipinski definition) is 4. The van der Waals surface area contributed by atoms with E-state index in [-0.39, 0.29) is 11.5 Å². The van der Waals surface area contributed by atoms with Crippen molar-refractivity contribution in [1.29, 1.82) is 0 Å². The van der Waals surface area contributed by atoms with Gasteiger partial charge in [0.05, 0.1) is 0 Å². The van der Waals surface area contributed by atoms with Crippen LogP contribution >= 0.6 is 0 Å². The number of aromatic nitrogens is 2. The molecular formula is C7H12N4O2. The van der Waals surface area contributed by atoms with E-state index >= 15 is 0 Å². The molecule has 0 aliphatic carbocycles. The minimum Gasteiger partial charge on any atom is -0.476 e. The number of nitrogens with two attached hydrogens (primary N) is 1. The van der Waals surface area contributed by atoms with E-state index in [2.05, 4.69) is 4.98 Å². The first-order valence-corrected chi connectivity index (χ1v) is 3.68. The summed E-state index contributed by atoms with van der Waals surface area (Å²) >= 11 is 0. The van der Waals surface area contributed by atoms with Gasteiger partial charge in [-0.1, -0.05) is 0 Å². The molecule has 6 heteroatoms. The monoisotopic (exact) mass is 184 g/mol. The van der Waals surface area contributed by atoms with E-state index in [1.165, 1.54) is 4.57 Å². The normalized spacial score (nSPS) is 10.1. The van der Waals surface area contributed by atoms with Gasteiger partial charge >= 0.3 is 5.97 Å². The molecule has 0 radical (unpaired) electrons. The SMILES string of the molecule is CN(C)c1nc(N)c(C(=O)O)n1C. The number of nitrogens with zero attached hydrogens (tertiary/aromatic N) is 3. The van der Waals surface area contributed by atoms with Gasteiger partial charge in [0.2, 0.25) is 5.95 Å². The van der Waals surface area contributed by atoms with Crippen molar-refractivity contribution in [2.45, 2.75) is 0 Å². The highest BCUT2D eigenvalue weighted by Gasteiger charge is 2.18. The molecule has 1 aromatic rings. The Morgan fingerprint density at radius 1 is 1.62 bits per heavy atom. The van der Waals surface area contributed by atoms with Crippen LogP contribution in [0, 0.1) is 0 Å². The zero-order valence-corrected chi connectivity index (χ0v) is 7.77. The highest BCUT2D eigenvalue weighted by molar-refractivity contribution is 5.91. The molecule has 0 atom stereocenters. The molecule has 6 nitrogen and oxygen atoms in total. The van der Waals surface area contributed by atoms with Crippen LogP contribution in [0.1, 0.15) is 10.5 Å². The molecule has 0 amide bonds. The van der Waals surface area contributed by atoms with Crippen LogP contribution in [0.3, 0.4) is 0 Å². The van der Waals surface area contributed by atoms with E-state index in [1.54, 1.807) is 26.0 Å². The van der Waals surface area contributed by atoms with E-state index < -0.39 is 5.97 Å². The van der Waals surface area contributed by atoms with Gasteiger partial charge in [-0.05, 0) is 0 Å². The van der Waals surface area contributed by atoms with Crippen LogP contribution in [0.25, 0.3) is 0 Å². The maximum atomic E-state index is 10.7. The first kappa shape index (κ1) is 9.37. The molecule has 0 bridgehead atoms. The molecule has 0 saturated heterocycles. The third kappa shape index (κ3) is 1.42. The molecule has 0 aliphatic rings. The second kappa shape index (κ2) is 2.96. The van der Waals surface area contributed by atoms with E-state index in [4.69, 9.17) is 10.8 Å². The molecule has 0 saturated carbocycles. The summed E-state index contributed by atoms with van der Waals surface area (Å²) in [6.07, 6.45) is 0. The quantitative estimate of drug-likeness (QED) is 0.663. The Labute approximate surface area is 75.6 Å². The van der Waals surface area contributed by atoms with Gasteiger partial charge < -0.3 is 20.3 Å². The van der Waals surface area contributed by atoms with Gasteiger partial charge in [0.1, 0.15) is 0 Å². The smallest absolute Gasteiger partial charge is 0.356 e. The van der Waals surface area contributed by atoms with Gasteiger partial charge in [0.15, 0.2) is 11.5 Å².